The van der Waals surface area contributed by atoms with E-state index in [4.69, 9.17) is 9.52 Å². The van der Waals surface area contributed by atoms with Gasteiger partial charge in [-0.15, -0.1) is 0 Å². The molecule has 0 amide bonds. The van der Waals surface area contributed by atoms with E-state index in [0.29, 0.717) is 6.04 Å². The lowest BCUT2D eigenvalue weighted by atomic mass is 10.2. The summed E-state index contributed by atoms with van der Waals surface area (Å²) in [6.07, 6.45) is 3.56. The van der Waals surface area contributed by atoms with Gasteiger partial charge in [-0.1, -0.05) is 0 Å². The number of furan rings is 1. The van der Waals surface area contributed by atoms with Crippen molar-refractivity contribution < 1.29 is 9.52 Å². The third-order valence-corrected chi connectivity index (χ3v) is 2.37. The Labute approximate surface area is 85.1 Å². The second-order valence-corrected chi connectivity index (χ2v) is 3.67. The molecule has 0 bridgehead atoms. The number of hydrogen-bond donors (Lipinski definition) is 2. The van der Waals surface area contributed by atoms with Crippen LogP contribution in [0.4, 0.5) is 0 Å². The molecule has 0 aliphatic heterocycles. The molecule has 80 valence electrons. The van der Waals surface area contributed by atoms with Crippen LogP contribution in [0, 0.1) is 6.92 Å². The van der Waals surface area contributed by atoms with Crippen molar-refractivity contribution in [2.24, 2.45) is 0 Å². The molecule has 3 heteroatoms. The Morgan fingerprint density at radius 3 is 2.93 bits per heavy atom. The second-order valence-electron chi connectivity index (χ2n) is 3.67. The molecular weight excluding hydrogens is 178 g/mol. The lowest BCUT2D eigenvalue weighted by Gasteiger charge is -2.11. The predicted octanol–water partition coefficient (Wildman–Crippen LogP) is 1.84. The summed E-state index contributed by atoms with van der Waals surface area (Å²) in [7, 11) is 0. The van der Waals surface area contributed by atoms with Crippen molar-refractivity contribution in [1.29, 1.82) is 0 Å². The molecule has 1 rings (SSSR count). The monoisotopic (exact) mass is 197 g/mol. The van der Waals surface area contributed by atoms with E-state index < -0.39 is 0 Å². The second kappa shape index (κ2) is 5.83. The molecule has 0 aliphatic rings. The summed E-state index contributed by atoms with van der Waals surface area (Å²) >= 11 is 0. The summed E-state index contributed by atoms with van der Waals surface area (Å²) in [5, 5.41) is 12.0. The van der Waals surface area contributed by atoms with Crippen molar-refractivity contribution in [1.82, 2.24) is 5.32 Å². The van der Waals surface area contributed by atoms with Gasteiger partial charge in [-0.25, -0.2) is 0 Å². The quantitative estimate of drug-likeness (QED) is 0.731. The van der Waals surface area contributed by atoms with Crippen LogP contribution in [0.5, 0.6) is 0 Å². The molecule has 0 fully saturated rings. The van der Waals surface area contributed by atoms with Gasteiger partial charge < -0.3 is 14.8 Å². The molecule has 0 saturated heterocycles. The molecule has 0 radical (unpaired) electrons. The maximum absolute atomic E-state index is 8.67. The molecule has 14 heavy (non-hydrogen) atoms. The number of aryl methyl sites for hydroxylation is 1. The summed E-state index contributed by atoms with van der Waals surface area (Å²) in [5.41, 5.74) is 1.19. The first-order valence-electron chi connectivity index (χ1n) is 5.11. The highest BCUT2D eigenvalue weighted by Crippen LogP contribution is 2.08. The van der Waals surface area contributed by atoms with Crippen LogP contribution >= 0.6 is 0 Å². The van der Waals surface area contributed by atoms with Gasteiger partial charge in [0, 0.05) is 12.6 Å². The van der Waals surface area contributed by atoms with Gasteiger partial charge in [-0.2, -0.15) is 0 Å². The Balaban J connectivity index is 2.23. The van der Waals surface area contributed by atoms with Crippen LogP contribution in [-0.4, -0.2) is 17.8 Å². The molecule has 3 nitrogen and oxygen atoms in total. The van der Waals surface area contributed by atoms with E-state index in [0.717, 1.165) is 25.1 Å². The first-order chi connectivity index (χ1) is 6.74. The highest BCUT2D eigenvalue weighted by atomic mass is 16.3. The number of nitrogens with one attached hydrogen (secondary N) is 1. The SMILES string of the molecule is Cc1ccoc1CNC(C)CCCO. The van der Waals surface area contributed by atoms with Crippen LogP contribution in [0.25, 0.3) is 0 Å². The molecule has 0 aromatic carbocycles. The van der Waals surface area contributed by atoms with Gasteiger partial charge in [0.05, 0.1) is 12.8 Å². The van der Waals surface area contributed by atoms with Crippen LogP contribution in [0.3, 0.4) is 0 Å². The summed E-state index contributed by atoms with van der Waals surface area (Å²) in [4.78, 5) is 0. The fourth-order valence-electron chi connectivity index (χ4n) is 1.35. The van der Waals surface area contributed by atoms with Crippen LogP contribution in [0.1, 0.15) is 31.1 Å². The molecule has 1 atom stereocenters. The Kier molecular flexibility index (Phi) is 4.70. The van der Waals surface area contributed by atoms with E-state index in [1.165, 1.54) is 5.56 Å². The summed E-state index contributed by atoms with van der Waals surface area (Å²) in [6.45, 7) is 5.20. The molecule has 0 aliphatic carbocycles. The smallest absolute Gasteiger partial charge is 0.120 e. The number of aliphatic hydroxyl groups is 1. The van der Waals surface area contributed by atoms with E-state index in [-0.39, 0.29) is 6.61 Å². The standard InChI is InChI=1S/C11H19NO2/c1-9-5-7-14-11(9)8-12-10(2)4-3-6-13/h5,7,10,12-13H,3-4,6,8H2,1-2H3. The lowest BCUT2D eigenvalue weighted by Crippen LogP contribution is -2.25. The Hall–Kier alpha value is -0.800. The summed E-state index contributed by atoms with van der Waals surface area (Å²) < 4.78 is 5.31. The van der Waals surface area contributed by atoms with E-state index in [2.05, 4.69) is 12.2 Å². The van der Waals surface area contributed by atoms with E-state index in [9.17, 15) is 0 Å². The number of aliphatic hydroxyl groups excluding tert-OH is 1. The van der Waals surface area contributed by atoms with Gasteiger partial charge in [0.2, 0.25) is 0 Å². The first kappa shape index (κ1) is 11.3. The number of rotatable bonds is 6. The Morgan fingerprint density at radius 1 is 1.57 bits per heavy atom. The van der Waals surface area contributed by atoms with E-state index in [1.807, 2.05) is 13.0 Å². The van der Waals surface area contributed by atoms with Gasteiger partial charge in [-0.05, 0) is 38.3 Å². The van der Waals surface area contributed by atoms with E-state index in [1.54, 1.807) is 6.26 Å². The topological polar surface area (TPSA) is 45.4 Å². The molecule has 0 saturated carbocycles. The fourth-order valence-corrected chi connectivity index (χ4v) is 1.35. The van der Waals surface area contributed by atoms with Crippen molar-refractivity contribution in [2.75, 3.05) is 6.61 Å². The van der Waals surface area contributed by atoms with Gasteiger partial charge in [0.15, 0.2) is 0 Å². The molecule has 1 aromatic heterocycles. The Bertz CT molecular complexity index is 258. The van der Waals surface area contributed by atoms with Gasteiger partial charge in [-0.3, -0.25) is 0 Å². The zero-order chi connectivity index (χ0) is 10.4. The minimum atomic E-state index is 0.270. The van der Waals surface area contributed by atoms with Crippen molar-refractivity contribution in [2.45, 2.75) is 39.3 Å². The highest BCUT2D eigenvalue weighted by Gasteiger charge is 2.04. The van der Waals surface area contributed by atoms with Crippen LogP contribution in [0.15, 0.2) is 16.7 Å². The van der Waals surface area contributed by atoms with Gasteiger partial charge in [0.1, 0.15) is 5.76 Å². The molecule has 1 heterocycles. The Morgan fingerprint density at radius 2 is 2.36 bits per heavy atom. The number of hydrogen-bond acceptors (Lipinski definition) is 3. The maximum atomic E-state index is 8.67. The fraction of sp³-hybridized carbons (Fsp3) is 0.636. The minimum Gasteiger partial charge on any atom is -0.468 e. The summed E-state index contributed by atoms with van der Waals surface area (Å²) in [6, 6.07) is 2.39. The zero-order valence-electron chi connectivity index (χ0n) is 8.92. The zero-order valence-corrected chi connectivity index (χ0v) is 8.92. The van der Waals surface area contributed by atoms with E-state index >= 15 is 0 Å². The minimum absolute atomic E-state index is 0.270. The normalized spacial score (nSPS) is 13.1. The molecule has 2 N–H and O–H groups in total. The molecule has 0 spiro atoms. The van der Waals surface area contributed by atoms with Crippen molar-refractivity contribution in [3.05, 3.63) is 23.7 Å². The van der Waals surface area contributed by atoms with Crippen molar-refractivity contribution in [3.63, 3.8) is 0 Å². The largest absolute Gasteiger partial charge is 0.468 e. The molecule has 1 aromatic rings. The third-order valence-electron chi connectivity index (χ3n) is 2.37. The van der Waals surface area contributed by atoms with Crippen LogP contribution < -0.4 is 5.32 Å². The third kappa shape index (κ3) is 3.52. The first-order valence-corrected chi connectivity index (χ1v) is 5.11. The van der Waals surface area contributed by atoms with Crippen LogP contribution in [-0.2, 0) is 6.54 Å². The predicted molar refractivity (Wildman–Crippen MR) is 56.1 cm³/mol. The van der Waals surface area contributed by atoms with Crippen molar-refractivity contribution >= 4 is 0 Å². The molecule has 1 unspecified atom stereocenters. The van der Waals surface area contributed by atoms with Crippen LogP contribution in [0.2, 0.25) is 0 Å². The van der Waals surface area contributed by atoms with Gasteiger partial charge in [0.25, 0.3) is 0 Å². The average molecular weight is 197 g/mol. The maximum Gasteiger partial charge on any atom is 0.120 e. The van der Waals surface area contributed by atoms with Gasteiger partial charge >= 0.3 is 0 Å². The average Bonchev–Trinajstić information content (AvgIpc) is 2.58. The molecular formula is C11H19NO2. The summed E-state index contributed by atoms with van der Waals surface area (Å²) in [5.74, 6) is 1.00. The highest BCUT2D eigenvalue weighted by molar-refractivity contribution is 5.14. The lowest BCUT2D eigenvalue weighted by molar-refractivity contribution is 0.275. The van der Waals surface area contributed by atoms with Crippen molar-refractivity contribution in [3.8, 4) is 0 Å².